The van der Waals surface area contributed by atoms with Crippen molar-refractivity contribution in [1.82, 2.24) is 0 Å². The molecule has 3 atom stereocenters. The second-order valence-electron chi connectivity index (χ2n) is 16.5. The maximum absolute atomic E-state index is 12.7. The van der Waals surface area contributed by atoms with Crippen LogP contribution in [0, 0.1) is 0 Å². The van der Waals surface area contributed by atoms with Crippen molar-refractivity contribution in [3.8, 4) is 0 Å². The molecule has 0 fully saturated rings. The van der Waals surface area contributed by atoms with Gasteiger partial charge in [0.15, 0.2) is 6.10 Å². The molecular weight excluding hydrogens is 767 g/mol. The van der Waals surface area contributed by atoms with Gasteiger partial charge in [-0.3, -0.25) is 18.6 Å². The van der Waals surface area contributed by atoms with Gasteiger partial charge in [0.05, 0.1) is 19.8 Å². The van der Waals surface area contributed by atoms with Crippen molar-refractivity contribution in [1.29, 1.82) is 0 Å². The maximum Gasteiger partial charge on any atom is 0.472 e. The van der Waals surface area contributed by atoms with Crippen LogP contribution in [0.15, 0.2) is 24.3 Å². The Labute approximate surface area is 361 Å². The molecule has 0 heterocycles. The Morgan fingerprint density at radius 1 is 0.508 bits per heavy atom. The van der Waals surface area contributed by atoms with Crippen molar-refractivity contribution in [2.75, 3.05) is 26.4 Å². The topological polar surface area (TPSA) is 149 Å². The Balaban J connectivity index is 4.18. The van der Waals surface area contributed by atoms with E-state index in [0.29, 0.717) is 12.8 Å². The van der Waals surface area contributed by atoms with Crippen molar-refractivity contribution in [3.63, 3.8) is 0 Å². The van der Waals surface area contributed by atoms with Gasteiger partial charge >= 0.3 is 19.8 Å². The lowest BCUT2D eigenvalue weighted by molar-refractivity contribution is -0.161. The number of phosphoric ester groups is 1. The van der Waals surface area contributed by atoms with E-state index in [0.717, 1.165) is 57.8 Å². The number of hydrogen-bond donors (Lipinski definition) is 3. The van der Waals surface area contributed by atoms with Crippen LogP contribution in [0.1, 0.15) is 232 Å². The van der Waals surface area contributed by atoms with Crippen LogP contribution in [0.4, 0.5) is 0 Å². The highest BCUT2D eigenvalue weighted by atomic mass is 31.2. The molecule has 0 aliphatic heterocycles. The van der Waals surface area contributed by atoms with Crippen molar-refractivity contribution >= 4 is 19.8 Å². The van der Waals surface area contributed by atoms with Gasteiger partial charge in [0, 0.05) is 12.8 Å². The first kappa shape index (κ1) is 57.4. The molecule has 0 aliphatic rings. The molecule has 1 unspecified atom stereocenters. The minimum Gasteiger partial charge on any atom is -0.462 e. The molecule has 0 saturated carbocycles. The van der Waals surface area contributed by atoms with Crippen molar-refractivity contribution in [2.24, 2.45) is 0 Å². The first-order chi connectivity index (χ1) is 28.7. The number of carbonyl (C=O) groups excluding carboxylic acids is 2. The molecule has 10 nitrogen and oxygen atoms in total. The molecule has 0 aromatic heterocycles. The van der Waals surface area contributed by atoms with Crippen molar-refractivity contribution in [3.05, 3.63) is 24.3 Å². The predicted molar refractivity (Wildman–Crippen MR) is 242 cm³/mol. The lowest BCUT2D eigenvalue weighted by Crippen LogP contribution is -2.29. The van der Waals surface area contributed by atoms with E-state index in [-0.39, 0.29) is 19.4 Å². The van der Waals surface area contributed by atoms with Gasteiger partial charge in [0.25, 0.3) is 0 Å². The van der Waals surface area contributed by atoms with E-state index in [1.54, 1.807) is 0 Å². The number of carbonyl (C=O) groups is 2. The average Bonchev–Trinajstić information content (AvgIpc) is 3.22. The molecule has 0 spiro atoms. The molecule has 0 bridgehead atoms. The Bertz CT molecular complexity index is 1040. The van der Waals surface area contributed by atoms with Gasteiger partial charge in [-0.2, -0.15) is 0 Å². The summed E-state index contributed by atoms with van der Waals surface area (Å²) < 4.78 is 32.8. The quantitative estimate of drug-likeness (QED) is 0.0234. The van der Waals surface area contributed by atoms with E-state index < -0.39 is 51.8 Å². The molecule has 0 saturated heterocycles. The largest absolute Gasteiger partial charge is 0.472 e. The van der Waals surface area contributed by atoms with E-state index in [1.807, 2.05) is 0 Å². The summed E-state index contributed by atoms with van der Waals surface area (Å²) in [5.74, 6) is -0.929. The Morgan fingerprint density at radius 3 is 1.34 bits per heavy atom. The zero-order valence-corrected chi connectivity index (χ0v) is 38.9. The number of hydrogen-bond acceptors (Lipinski definition) is 9. The highest BCUT2D eigenvalue weighted by Gasteiger charge is 2.27. The fourth-order valence-corrected chi connectivity index (χ4v) is 7.64. The number of rotatable bonds is 46. The molecule has 0 aromatic carbocycles. The number of esters is 2. The normalized spacial score (nSPS) is 13.9. The SMILES string of the molecule is CCCCC/C=C/C/C=C/CCCCCCCC(=O)OC[C@H](COP(=O)(O)OC[C@@H](O)CO)OC(=O)CCCCCCCCCCCCCCCCCCCCCCC. The zero-order valence-electron chi connectivity index (χ0n) is 38.0. The standard InChI is InChI=1S/C48H91O10P/c1-3-5-7-9-11-13-15-17-19-20-21-22-23-24-26-28-30-32-34-36-38-40-48(52)58-46(44-57-59(53,54)56-42-45(50)41-49)43-55-47(51)39-37-35-33-31-29-27-25-18-16-14-12-10-8-6-4-2/h12,14,18,25,45-46,49-50H,3-11,13,15-17,19-24,26-44H2,1-2H3,(H,53,54)/b14-12+,25-18+/t45-,46+/m0/s1. The lowest BCUT2D eigenvalue weighted by Gasteiger charge is -2.20. The first-order valence-corrected chi connectivity index (χ1v) is 25.8. The van der Waals surface area contributed by atoms with Crippen LogP contribution < -0.4 is 0 Å². The van der Waals surface area contributed by atoms with Gasteiger partial charge in [-0.1, -0.05) is 199 Å². The van der Waals surface area contributed by atoms with Gasteiger partial charge in [-0.15, -0.1) is 0 Å². The van der Waals surface area contributed by atoms with E-state index in [4.69, 9.17) is 23.6 Å². The molecule has 0 aromatic rings. The van der Waals surface area contributed by atoms with Gasteiger partial charge in [0.1, 0.15) is 12.7 Å². The minimum absolute atomic E-state index is 0.186. The minimum atomic E-state index is -4.62. The highest BCUT2D eigenvalue weighted by Crippen LogP contribution is 2.43. The predicted octanol–water partition coefficient (Wildman–Crippen LogP) is 13.3. The van der Waals surface area contributed by atoms with Gasteiger partial charge < -0.3 is 24.6 Å². The van der Waals surface area contributed by atoms with E-state index >= 15 is 0 Å². The summed E-state index contributed by atoms with van der Waals surface area (Å²) in [6.45, 7) is 2.38. The Kier molecular flexibility index (Phi) is 43.3. The summed E-state index contributed by atoms with van der Waals surface area (Å²) in [4.78, 5) is 35.1. The van der Waals surface area contributed by atoms with Crippen LogP contribution in [-0.4, -0.2) is 65.7 Å². The third-order valence-electron chi connectivity index (χ3n) is 10.6. The van der Waals surface area contributed by atoms with Crippen LogP contribution in [-0.2, 0) is 32.7 Å². The molecule has 3 N–H and O–H groups in total. The number of phosphoric acid groups is 1. The summed E-state index contributed by atoms with van der Waals surface area (Å²) in [6, 6.07) is 0. The summed E-state index contributed by atoms with van der Waals surface area (Å²) >= 11 is 0. The summed E-state index contributed by atoms with van der Waals surface area (Å²) in [5, 5.41) is 18.4. The number of aliphatic hydroxyl groups excluding tert-OH is 2. The molecule has 0 aliphatic carbocycles. The monoisotopic (exact) mass is 859 g/mol. The van der Waals surface area contributed by atoms with Crippen LogP contribution in [0.2, 0.25) is 0 Å². The Hall–Kier alpha value is -1.55. The molecule has 0 rings (SSSR count). The number of aliphatic hydroxyl groups is 2. The summed E-state index contributed by atoms with van der Waals surface area (Å²) in [6.07, 6.45) is 45.7. The average molecular weight is 859 g/mol. The van der Waals surface area contributed by atoms with Crippen LogP contribution in [0.25, 0.3) is 0 Å². The van der Waals surface area contributed by atoms with E-state index in [9.17, 15) is 24.2 Å². The van der Waals surface area contributed by atoms with Crippen molar-refractivity contribution < 1.29 is 47.8 Å². The first-order valence-electron chi connectivity index (χ1n) is 24.3. The molecule has 0 amide bonds. The fraction of sp³-hybridized carbons (Fsp3) is 0.875. The fourth-order valence-electron chi connectivity index (χ4n) is 6.85. The van der Waals surface area contributed by atoms with E-state index in [1.165, 1.54) is 135 Å². The van der Waals surface area contributed by atoms with Crippen molar-refractivity contribution in [2.45, 2.75) is 244 Å². The number of unbranched alkanes of at least 4 members (excludes halogenated alkanes) is 28. The molecule has 11 heteroatoms. The zero-order chi connectivity index (χ0) is 43.3. The van der Waals surface area contributed by atoms with Gasteiger partial charge in [-0.25, -0.2) is 4.57 Å². The molecule has 59 heavy (non-hydrogen) atoms. The third kappa shape index (κ3) is 44.3. The number of allylic oxidation sites excluding steroid dienone is 4. The second kappa shape index (κ2) is 44.5. The lowest BCUT2D eigenvalue weighted by atomic mass is 10.0. The van der Waals surface area contributed by atoms with Gasteiger partial charge in [-0.05, 0) is 44.9 Å². The molecular formula is C48H91O10P. The highest BCUT2D eigenvalue weighted by molar-refractivity contribution is 7.47. The third-order valence-corrected chi connectivity index (χ3v) is 11.6. The summed E-state index contributed by atoms with van der Waals surface area (Å²) in [5.41, 5.74) is 0. The maximum atomic E-state index is 12.7. The van der Waals surface area contributed by atoms with Crippen LogP contribution in [0.3, 0.4) is 0 Å². The second-order valence-corrected chi connectivity index (χ2v) is 17.9. The van der Waals surface area contributed by atoms with Crippen LogP contribution in [0.5, 0.6) is 0 Å². The van der Waals surface area contributed by atoms with Gasteiger partial charge in [0.2, 0.25) is 0 Å². The number of ether oxygens (including phenoxy) is 2. The Morgan fingerprint density at radius 2 is 0.881 bits per heavy atom. The molecule has 348 valence electrons. The summed E-state index contributed by atoms with van der Waals surface area (Å²) in [7, 11) is -4.62. The van der Waals surface area contributed by atoms with Crippen LogP contribution >= 0.6 is 7.82 Å². The van der Waals surface area contributed by atoms with E-state index in [2.05, 4.69) is 38.2 Å². The smallest absolute Gasteiger partial charge is 0.462 e. The molecule has 0 radical (unpaired) electrons.